The van der Waals surface area contributed by atoms with Crippen LogP contribution in [0.3, 0.4) is 0 Å². The second-order valence-electron chi connectivity index (χ2n) is 5.19. The van der Waals surface area contributed by atoms with Crippen LogP contribution < -0.4 is 5.32 Å². The third-order valence-electron chi connectivity index (χ3n) is 3.53. The Morgan fingerprint density at radius 1 is 1.32 bits per heavy atom. The first-order chi connectivity index (χ1) is 10.6. The minimum Gasteiger partial charge on any atom is -0.351 e. The molecule has 1 aromatic carbocycles. The zero-order chi connectivity index (χ0) is 15.5. The normalized spacial score (nSPS) is 11.0. The van der Waals surface area contributed by atoms with Crippen LogP contribution in [0.5, 0.6) is 0 Å². The van der Waals surface area contributed by atoms with Gasteiger partial charge in [0.2, 0.25) is 0 Å². The van der Waals surface area contributed by atoms with E-state index in [2.05, 4.69) is 27.5 Å². The molecule has 2 aromatic heterocycles. The van der Waals surface area contributed by atoms with Gasteiger partial charge in [-0.05, 0) is 26.3 Å². The van der Waals surface area contributed by atoms with Crippen LogP contribution in [0, 0.1) is 13.8 Å². The predicted octanol–water partition coefficient (Wildman–Crippen LogP) is 2.93. The number of benzene rings is 1. The molecule has 0 radical (unpaired) electrons. The van der Waals surface area contributed by atoms with E-state index in [1.54, 1.807) is 5.38 Å². The summed E-state index contributed by atoms with van der Waals surface area (Å²) in [7, 11) is 0. The van der Waals surface area contributed by atoms with E-state index < -0.39 is 0 Å². The van der Waals surface area contributed by atoms with Crippen molar-refractivity contribution in [2.24, 2.45) is 0 Å². The highest BCUT2D eigenvalue weighted by Gasteiger charge is 2.09. The highest BCUT2D eigenvalue weighted by Crippen LogP contribution is 2.17. The van der Waals surface area contributed by atoms with Gasteiger partial charge < -0.3 is 5.32 Å². The van der Waals surface area contributed by atoms with Gasteiger partial charge in [0.05, 0.1) is 16.2 Å². The molecular formula is C16H18N4OS. The van der Waals surface area contributed by atoms with Crippen LogP contribution >= 0.6 is 11.3 Å². The van der Waals surface area contributed by atoms with Crippen molar-refractivity contribution < 1.29 is 4.79 Å². The lowest BCUT2D eigenvalue weighted by atomic mass is 10.2. The molecule has 0 bridgehead atoms. The fourth-order valence-electron chi connectivity index (χ4n) is 2.45. The number of nitrogens with zero attached hydrogens (tertiary/aromatic N) is 3. The highest BCUT2D eigenvalue weighted by molar-refractivity contribution is 7.09. The minimum atomic E-state index is -0.106. The van der Waals surface area contributed by atoms with Crippen LogP contribution in [0.2, 0.25) is 0 Å². The summed E-state index contributed by atoms with van der Waals surface area (Å²) in [6.07, 6.45) is 0.833. The summed E-state index contributed by atoms with van der Waals surface area (Å²) < 4.78 is 2.00. The Hall–Kier alpha value is -2.21. The van der Waals surface area contributed by atoms with Crippen molar-refractivity contribution >= 4 is 28.1 Å². The number of para-hydroxylation sites is 1. The highest BCUT2D eigenvalue weighted by atomic mass is 32.1. The summed E-state index contributed by atoms with van der Waals surface area (Å²) in [5, 5.41) is 11.3. The van der Waals surface area contributed by atoms with Crippen LogP contribution in [0.25, 0.3) is 10.9 Å². The summed E-state index contributed by atoms with van der Waals surface area (Å²) >= 11 is 1.49. The Labute approximate surface area is 133 Å². The number of fused-ring (bicyclic) bond motifs is 1. The number of aryl methyl sites for hydroxylation is 3. The maximum absolute atomic E-state index is 11.9. The van der Waals surface area contributed by atoms with Crippen molar-refractivity contribution in [3.05, 3.63) is 46.0 Å². The van der Waals surface area contributed by atoms with Crippen LogP contribution in [-0.4, -0.2) is 27.2 Å². The lowest BCUT2D eigenvalue weighted by Crippen LogP contribution is -2.25. The lowest BCUT2D eigenvalue weighted by Gasteiger charge is -2.05. The molecule has 3 aromatic rings. The molecule has 0 unspecified atom stereocenters. The SMILES string of the molecule is Cc1nc(C(=O)NCCCn2nc(C)c3ccccc32)cs1. The van der Waals surface area contributed by atoms with Crippen LogP contribution in [0.15, 0.2) is 29.6 Å². The summed E-state index contributed by atoms with van der Waals surface area (Å²) in [4.78, 5) is 16.1. The van der Waals surface area contributed by atoms with Gasteiger partial charge in [-0.3, -0.25) is 9.48 Å². The molecule has 0 aliphatic carbocycles. The molecule has 0 aliphatic heterocycles. The van der Waals surface area contributed by atoms with Gasteiger partial charge in [-0.25, -0.2) is 4.98 Å². The maximum atomic E-state index is 11.9. The fourth-order valence-corrected chi connectivity index (χ4v) is 3.05. The molecule has 0 atom stereocenters. The van der Waals surface area contributed by atoms with E-state index in [1.807, 2.05) is 30.7 Å². The molecule has 0 aliphatic rings. The topological polar surface area (TPSA) is 59.8 Å². The van der Waals surface area contributed by atoms with E-state index in [4.69, 9.17) is 0 Å². The van der Waals surface area contributed by atoms with E-state index in [1.165, 1.54) is 16.7 Å². The second kappa shape index (κ2) is 6.27. The summed E-state index contributed by atoms with van der Waals surface area (Å²) in [5.41, 5.74) is 2.68. The van der Waals surface area contributed by atoms with Gasteiger partial charge >= 0.3 is 0 Å². The Balaban J connectivity index is 1.55. The number of amides is 1. The van der Waals surface area contributed by atoms with Gasteiger partial charge in [0.25, 0.3) is 5.91 Å². The van der Waals surface area contributed by atoms with Crippen molar-refractivity contribution in [1.29, 1.82) is 0 Å². The van der Waals surface area contributed by atoms with Gasteiger partial charge in [-0.1, -0.05) is 18.2 Å². The zero-order valence-electron chi connectivity index (χ0n) is 12.7. The number of hydrogen-bond acceptors (Lipinski definition) is 4. The molecule has 0 fully saturated rings. The Morgan fingerprint density at radius 3 is 2.91 bits per heavy atom. The quantitative estimate of drug-likeness (QED) is 0.737. The van der Waals surface area contributed by atoms with Gasteiger partial charge in [0.15, 0.2) is 0 Å². The maximum Gasteiger partial charge on any atom is 0.270 e. The molecule has 0 saturated heterocycles. The Morgan fingerprint density at radius 2 is 2.14 bits per heavy atom. The summed E-state index contributed by atoms with van der Waals surface area (Å²) in [6, 6.07) is 8.20. The van der Waals surface area contributed by atoms with Gasteiger partial charge in [-0.2, -0.15) is 5.10 Å². The summed E-state index contributed by atoms with van der Waals surface area (Å²) in [6.45, 7) is 5.31. The first-order valence-corrected chi connectivity index (χ1v) is 8.15. The molecule has 1 amide bonds. The van der Waals surface area contributed by atoms with Crippen molar-refractivity contribution in [3.8, 4) is 0 Å². The largest absolute Gasteiger partial charge is 0.351 e. The minimum absolute atomic E-state index is 0.106. The van der Waals surface area contributed by atoms with Crippen molar-refractivity contribution in [2.75, 3.05) is 6.54 Å². The van der Waals surface area contributed by atoms with Crippen molar-refractivity contribution in [1.82, 2.24) is 20.1 Å². The van der Waals surface area contributed by atoms with Crippen LogP contribution in [-0.2, 0) is 6.54 Å². The van der Waals surface area contributed by atoms with E-state index in [0.29, 0.717) is 12.2 Å². The number of hydrogen-bond donors (Lipinski definition) is 1. The third kappa shape index (κ3) is 3.01. The van der Waals surface area contributed by atoms with E-state index >= 15 is 0 Å². The third-order valence-corrected chi connectivity index (χ3v) is 4.30. The van der Waals surface area contributed by atoms with Gasteiger partial charge in [0, 0.05) is 23.9 Å². The molecule has 6 heteroatoms. The average Bonchev–Trinajstić information content (AvgIpc) is 3.09. The number of thiazole rings is 1. The lowest BCUT2D eigenvalue weighted by molar-refractivity contribution is 0.0948. The standard InChI is InChI=1S/C16H18N4OS/c1-11-13-6-3-4-7-15(13)20(19-11)9-5-8-17-16(21)14-10-22-12(2)18-14/h3-4,6-7,10H,5,8-9H2,1-2H3,(H,17,21). The fraction of sp³-hybridized carbons (Fsp3) is 0.312. The molecule has 0 saturated carbocycles. The Kier molecular flexibility index (Phi) is 4.20. The van der Waals surface area contributed by atoms with Crippen LogP contribution in [0.1, 0.15) is 27.6 Å². The summed E-state index contributed by atoms with van der Waals surface area (Å²) in [5.74, 6) is -0.106. The number of carbonyl (C=O) groups is 1. The smallest absolute Gasteiger partial charge is 0.270 e. The second-order valence-corrected chi connectivity index (χ2v) is 6.25. The predicted molar refractivity (Wildman–Crippen MR) is 88.3 cm³/mol. The van der Waals surface area contributed by atoms with Crippen molar-refractivity contribution in [3.63, 3.8) is 0 Å². The molecule has 0 spiro atoms. The Bertz CT molecular complexity index is 805. The van der Waals surface area contributed by atoms with Crippen molar-refractivity contribution in [2.45, 2.75) is 26.8 Å². The first kappa shape index (κ1) is 14.7. The van der Waals surface area contributed by atoms with E-state index in [9.17, 15) is 4.79 Å². The molecule has 5 nitrogen and oxygen atoms in total. The monoisotopic (exact) mass is 314 g/mol. The number of rotatable bonds is 5. The number of carbonyl (C=O) groups excluding carboxylic acids is 1. The van der Waals surface area contributed by atoms with Gasteiger partial charge in [-0.15, -0.1) is 11.3 Å². The molecule has 2 heterocycles. The number of nitrogens with one attached hydrogen (secondary N) is 1. The molecule has 114 valence electrons. The zero-order valence-corrected chi connectivity index (χ0v) is 13.5. The molecular weight excluding hydrogens is 296 g/mol. The average molecular weight is 314 g/mol. The van der Waals surface area contributed by atoms with Crippen LogP contribution in [0.4, 0.5) is 0 Å². The first-order valence-electron chi connectivity index (χ1n) is 7.27. The van der Waals surface area contributed by atoms with E-state index in [0.717, 1.165) is 29.2 Å². The number of aromatic nitrogens is 3. The molecule has 1 N–H and O–H groups in total. The van der Waals surface area contributed by atoms with Gasteiger partial charge in [0.1, 0.15) is 5.69 Å². The molecule has 3 rings (SSSR count). The van der Waals surface area contributed by atoms with E-state index in [-0.39, 0.29) is 5.91 Å². The molecule has 22 heavy (non-hydrogen) atoms.